The Morgan fingerprint density at radius 1 is 1.14 bits per heavy atom. The normalized spacial score (nSPS) is 14.1. The second-order valence-corrected chi connectivity index (χ2v) is 10.3. The van der Waals surface area contributed by atoms with Crippen molar-refractivity contribution in [3.8, 4) is 22.8 Å². The molecule has 0 aliphatic carbocycles. The van der Waals surface area contributed by atoms with Gasteiger partial charge in [0.05, 0.1) is 29.4 Å². The number of amides is 3. The third-order valence-corrected chi connectivity index (χ3v) is 7.15. The van der Waals surface area contributed by atoms with Gasteiger partial charge in [-0.1, -0.05) is 23.9 Å². The van der Waals surface area contributed by atoms with E-state index in [1.807, 2.05) is 0 Å². The molecule has 5 rings (SSSR count). The van der Waals surface area contributed by atoms with Crippen molar-refractivity contribution >= 4 is 40.2 Å². The lowest BCUT2D eigenvalue weighted by molar-refractivity contribution is -0.115. The molecule has 0 unspecified atom stereocenters. The summed E-state index contributed by atoms with van der Waals surface area (Å²) < 4.78 is 63.8. The van der Waals surface area contributed by atoms with Crippen molar-refractivity contribution in [1.82, 2.24) is 14.8 Å². The van der Waals surface area contributed by atoms with E-state index in [0.29, 0.717) is 28.3 Å². The summed E-state index contributed by atoms with van der Waals surface area (Å²) in [5, 5.41) is 6.76. The van der Waals surface area contributed by atoms with Crippen LogP contribution in [0.15, 0.2) is 72.0 Å². The number of nitrogens with one attached hydrogen (secondary N) is 1. The minimum Gasteiger partial charge on any atom is -0.463 e. The van der Waals surface area contributed by atoms with Crippen molar-refractivity contribution in [3.05, 3.63) is 83.9 Å². The van der Waals surface area contributed by atoms with Crippen LogP contribution in [0.25, 0.3) is 17.1 Å². The molecule has 0 spiro atoms. The number of halogens is 4. The van der Waals surface area contributed by atoms with Crippen LogP contribution in [0, 0.1) is 12.7 Å². The molecule has 2 heterocycles. The summed E-state index contributed by atoms with van der Waals surface area (Å²) in [4.78, 5) is 35.0. The second kappa shape index (κ2) is 13.7. The van der Waals surface area contributed by atoms with Crippen LogP contribution < -0.4 is 15.0 Å². The predicted molar refractivity (Wildman–Crippen MR) is 157 cm³/mol. The molecule has 1 aromatic heterocycles. The first-order chi connectivity index (χ1) is 21.2. The van der Waals surface area contributed by atoms with E-state index in [4.69, 9.17) is 9.47 Å². The van der Waals surface area contributed by atoms with Gasteiger partial charge in [0, 0.05) is 11.1 Å². The highest BCUT2D eigenvalue weighted by molar-refractivity contribution is 8.15. The minimum absolute atomic E-state index is 0.00433. The molecule has 4 aromatic rings. The lowest BCUT2D eigenvalue weighted by atomic mass is 10.1. The van der Waals surface area contributed by atoms with E-state index in [-0.39, 0.29) is 34.9 Å². The lowest BCUT2D eigenvalue weighted by Gasteiger charge is -2.20. The molecule has 3 amide bonds. The Hall–Kier alpha value is -4.76. The number of carbonyl (C=O) groups excluding carboxylic acids is 2. The van der Waals surface area contributed by atoms with Gasteiger partial charge in [-0.05, 0) is 61.0 Å². The van der Waals surface area contributed by atoms with Gasteiger partial charge in [-0.3, -0.25) is 9.69 Å². The number of hydrogen-bond acceptors (Lipinski definition) is 7. The molecule has 1 saturated heterocycles. The van der Waals surface area contributed by atoms with Gasteiger partial charge in [-0.25, -0.2) is 32.0 Å². The maximum Gasteiger partial charge on any atom is 0.347 e. The number of ether oxygens (including phenoxy) is 2. The second-order valence-electron chi connectivity index (χ2n) is 9.34. The van der Waals surface area contributed by atoms with Crippen molar-refractivity contribution in [2.24, 2.45) is 4.99 Å². The Morgan fingerprint density at radius 3 is 2.66 bits per heavy atom. The number of rotatable bonds is 10. The number of aromatic nitrogens is 3. The van der Waals surface area contributed by atoms with Crippen LogP contribution in [0.5, 0.6) is 5.75 Å². The van der Waals surface area contributed by atoms with E-state index in [2.05, 4.69) is 20.4 Å². The predicted octanol–water partition coefficient (Wildman–Crippen LogP) is 6.14. The highest BCUT2D eigenvalue weighted by Gasteiger charge is 2.32. The Bertz CT molecular complexity index is 1700. The molecule has 1 aliphatic heterocycles. The quantitative estimate of drug-likeness (QED) is 0.210. The number of anilines is 2. The van der Waals surface area contributed by atoms with Gasteiger partial charge < -0.3 is 14.8 Å². The van der Waals surface area contributed by atoms with Gasteiger partial charge in [0.25, 0.3) is 6.43 Å². The fourth-order valence-corrected chi connectivity index (χ4v) is 5.07. The number of thioether (sulfide) groups is 1. The van der Waals surface area contributed by atoms with Crippen LogP contribution in [0.1, 0.15) is 11.1 Å². The number of aliphatic imine (C=N–C) groups is 1. The van der Waals surface area contributed by atoms with Crippen molar-refractivity contribution in [3.63, 3.8) is 0 Å². The SMILES string of the molecule is Cc1ccc(COCC(F)F)c(N2C(=O)CS/C2=N\C(=O)Nc2ccc(-c3ncn(-c4ccc(OCF)cc4)n3)cc2F)c1. The van der Waals surface area contributed by atoms with E-state index in [9.17, 15) is 22.8 Å². The number of nitrogens with zero attached hydrogens (tertiary/aromatic N) is 5. The molecule has 1 aliphatic rings. The van der Waals surface area contributed by atoms with Crippen molar-refractivity contribution in [1.29, 1.82) is 0 Å². The number of urea groups is 1. The van der Waals surface area contributed by atoms with Gasteiger partial charge in [-0.15, -0.1) is 5.10 Å². The maximum atomic E-state index is 15.0. The van der Waals surface area contributed by atoms with E-state index in [1.165, 1.54) is 28.0 Å². The molecular weight excluding hydrogens is 604 g/mol. The summed E-state index contributed by atoms with van der Waals surface area (Å²) in [5.74, 6) is -0.577. The van der Waals surface area contributed by atoms with Crippen LogP contribution in [-0.2, 0) is 16.1 Å². The van der Waals surface area contributed by atoms with Gasteiger partial charge in [0.15, 0.2) is 11.0 Å². The summed E-state index contributed by atoms with van der Waals surface area (Å²) in [6.07, 6.45) is -1.22. The smallest absolute Gasteiger partial charge is 0.347 e. The number of amidine groups is 1. The Balaban J connectivity index is 1.30. The van der Waals surface area contributed by atoms with Gasteiger partial charge >= 0.3 is 6.03 Å². The average Bonchev–Trinajstić information content (AvgIpc) is 3.62. The van der Waals surface area contributed by atoms with Gasteiger partial charge in [0.2, 0.25) is 12.8 Å². The molecule has 10 nitrogen and oxygen atoms in total. The highest BCUT2D eigenvalue weighted by atomic mass is 32.2. The molecule has 0 bridgehead atoms. The number of aryl methyl sites for hydroxylation is 1. The zero-order valence-electron chi connectivity index (χ0n) is 23.0. The number of hydrogen-bond donors (Lipinski definition) is 1. The molecule has 0 atom stereocenters. The minimum atomic E-state index is -2.65. The molecule has 0 radical (unpaired) electrons. The molecule has 44 heavy (non-hydrogen) atoms. The molecule has 1 fully saturated rings. The lowest BCUT2D eigenvalue weighted by Crippen LogP contribution is -2.31. The van der Waals surface area contributed by atoms with E-state index < -0.39 is 31.7 Å². The zero-order valence-corrected chi connectivity index (χ0v) is 23.9. The molecule has 228 valence electrons. The average molecular weight is 629 g/mol. The van der Waals surface area contributed by atoms with Crippen molar-refractivity contribution < 1.29 is 36.6 Å². The summed E-state index contributed by atoms with van der Waals surface area (Å²) >= 11 is 1.01. The number of carbonyl (C=O) groups is 2. The fourth-order valence-electron chi connectivity index (χ4n) is 4.21. The number of benzene rings is 3. The summed E-state index contributed by atoms with van der Waals surface area (Å²) in [6.45, 7) is -0.107. The Kier molecular flexibility index (Phi) is 9.55. The van der Waals surface area contributed by atoms with Crippen LogP contribution >= 0.6 is 11.8 Å². The third-order valence-electron chi connectivity index (χ3n) is 6.23. The Morgan fingerprint density at radius 2 is 1.93 bits per heavy atom. The van der Waals surface area contributed by atoms with Crippen LogP contribution in [0.3, 0.4) is 0 Å². The van der Waals surface area contributed by atoms with Crippen molar-refractivity contribution in [2.75, 3.05) is 29.4 Å². The van der Waals surface area contributed by atoms with Crippen LogP contribution in [0.2, 0.25) is 0 Å². The molecule has 1 N–H and O–H groups in total. The molecule has 15 heteroatoms. The maximum absolute atomic E-state index is 15.0. The molecule has 3 aromatic carbocycles. The monoisotopic (exact) mass is 628 g/mol. The largest absolute Gasteiger partial charge is 0.463 e. The topological polar surface area (TPSA) is 111 Å². The summed E-state index contributed by atoms with van der Waals surface area (Å²) in [7, 11) is 0. The standard InChI is InChI=1S/C29H24F4N6O4S/c1-17-2-3-19(12-42-13-25(32)33)24(10-17)39-26(40)14-44-29(39)36-28(41)35-23-9-4-18(11-22(23)31)27-34-16-38(37-27)20-5-7-21(8-6-20)43-15-30/h2-11,16,25H,12-15H2,1H3,(H,35,41)/b36-29-. The van der Waals surface area contributed by atoms with Crippen LogP contribution in [0.4, 0.5) is 33.7 Å². The molecule has 0 saturated carbocycles. The van der Waals surface area contributed by atoms with E-state index >= 15 is 4.39 Å². The summed E-state index contributed by atoms with van der Waals surface area (Å²) in [5.41, 5.74) is 2.39. The van der Waals surface area contributed by atoms with Crippen molar-refractivity contribution in [2.45, 2.75) is 20.0 Å². The first-order valence-electron chi connectivity index (χ1n) is 13.0. The zero-order chi connectivity index (χ0) is 31.2. The van der Waals surface area contributed by atoms with E-state index in [0.717, 1.165) is 23.4 Å². The first-order valence-corrected chi connectivity index (χ1v) is 14.0. The van der Waals surface area contributed by atoms with Gasteiger partial charge in [0.1, 0.15) is 24.5 Å². The molecular formula is C29H24F4N6O4S. The first kappa shape index (κ1) is 30.7. The number of alkyl halides is 3. The summed E-state index contributed by atoms with van der Waals surface area (Å²) in [6, 6.07) is 14.6. The fraction of sp³-hybridized carbons (Fsp3) is 0.207. The van der Waals surface area contributed by atoms with Crippen LogP contribution in [-0.4, -0.2) is 57.5 Å². The highest BCUT2D eigenvalue weighted by Crippen LogP contribution is 2.31. The van der Waals surface area contributed by atoms with Gasteiger partial charge in [-0.2, -0.15) is 4.99 Å². The third kappa shape index (κ3) is 7.23. The van der Waals surface area contributed by atoms with E-state index in [1.54, 1.807) is 49.4 Å². The Labute approximate surface area is 252 Å².